The van der Waals surface area contributed by atoms with E-state index in [0.29, 0.717) is 15.8 Å². The van der Waals surface area contributed by atoms with Crippen LogP contribution >= 0.6 is 23.4 Å². The number of carbonyl (C=O) groups excluding carboxylic acids is 1. The van der Waals surface area contributed by atoms with Gasteiger partial charge in [0.15, 0.2) is 5.58 Å². The maximum absolute atomic E-state index is 12.2. The van der Waals surface area contributed by atoms with Crippen LogP contribution in [0.25, 0.3) is 11.1 Å². The van der Waals surface area contributed by atoms with E-state index in [2.05, 4.69) is 4.98 Å². The molecule has 1 aliphatic rings. The lowest BCUT2D eigenvalue weighted by molar-refractivity contribution is -0.129. The molecule has 0 radical (unpaired) electrons. The Kier molecular flexibility index (Phi) is 3.89. The Balaban J connectivity index is 1.73. The van der Waals surface area contributed by atoms with Gasteiger partial charge in [-0.2, -0.15) is 0 Å². The number of hydrogen-bond donors (Lipinski definition) is 0. The molecule has 4 nitrogen and oxygen atoms in total. The first-order valence-corrected chi connectivity index (χ1v) is 7.91. The van der Waals surface area contributed by atoms with Crippen LogP contribution in [-0.4, -0.2) is 34.1 Å². The Bertz CT molecular complexity index is 637. The Morgan fingerprint density at radius 1 is 1.45 bits per heavy atom. The molecule has 2 heterocycles. The maximum Gasteiger partial charge on any atom is 0.257 e. The van der Waals surface area contributed by atoms with Gasteiger partial charge in [-0.1, -0.05) is 23.4 Å². The Morgan fingerprint density at radius 3 is 2.95 bits per heavy atom. The van der Waals surface area contributed by atoms with E-state index in [1.807, 2.05) is 17.9 Å². The van der Waals surface area contributed by atoms with Crippen molar-refractivity contribution in [2.75, 3.05) is 13.1 Å². The third-order valence-electron chi connectivity index (χ3n) is 3.37. The van der Waals surface area contributed by atoms with Gasteiger partial charge in [-0.15, -0.1) is 0 Å². The van der Waals surface area contributed by atoms with Gasteiger partial charge in [0.05, 0.1) is 5.25 Å². The molecule has 3 rings (SSSR count). The van der Waals surface area contributed by atoms with Crippen LogP contribution < -0.4 is 0 Å². The molecule has 6 heteroatoms. The van der Waals surface area contributed by atoms with Gasteiger partial charge in [-0.05, 0) is 31.9 Å². The predicted molar refractivity (Wildman–Crippen MR) is 80.2 cm³/mol. The molecule has 1 saturated heterocycles. The minimum Gasteiger partial charge on any atom is -0.431 e. The zero-order chi connectivity index (χ0) is 14.1. The number of rotatable bonds is 3. The van der Waals surface area contributed by atoms with Crippen molar-refractivity contribution in [2.24, 2.45) is 0 Å². The molecule has 1 fully saturated rings. The number of thioether (sulfide) groups is 1. The van der Waals surface area contributed by atoms with Crippen LogP contribution in [0.4, 0.5) is 0 Å². The zero-order valence-corrected chi connectivity index (χ0v) is 12.7. The van der Waals surface area contributed by atoms with Gasteiger partial charge in [0.1, 0.15) is 5.52 Å². The molecule has 0 saturated carbocycles. The lowest BCUT2D eigenvalue weighted by Crippen LogP contribution is -2.34. The molecule has 1 aromatic carbocycles. The Labute approximate surface area is 126 Å². The lowest BCUT2D eigenvalue weighted by Gasteiger charge is -2.18. The first kappa shape index (κ1) is 13.8. The van der Waals surface area contributed by atoms with Crippen LogP contribution in [0.1, 0.15) is 19.8 Å². The normalized spacial score (nSPS) is 16.8. The highest BCUT2D eigenvalue weighted by Crippen LogP contribution is 2.29. The summed E-state index contributed by atoms with van der Waals surface area (Å²) in [4.78, 5) is 18.5. The van der Waals surface area contributed by atoms with E-state index in [1.54, 1.807) is 12.1 Å². The van der Waals surface area contributed by atoms with Crippen molar-refractivity contribution in [3.05, 3.63) is 23.2 Å². The van der Waals surface area contributed by atoms with Crippen LogP contribution in [0.15, 0.2) is 27.8 Å². The number of likely N-dealkylation sites (tertiary alicyclic amines) is 1. The summed E-state index contributed by atoms with van der Waals surface area (Å²) in [6.07, 6.45) is 2.20. The SMILES string of the molecule is C[C@H](Sc1nc2ccc(Cl)cc2o1)C(=O)N1CCCC1. The number of fused-ring (bicyclic) bond motifs is 1. The van der Waals surface area contributed by atoms with Crippen LogP contribution in [0, 0.1) is 0 Å². The summed E-state index contributed by atoms with van der Waals surface area (Å²) in [7, 11) is 0. The lowest BCUT2D eigenvalue weighted by atomic mass is 10.3. The van der Waals surface area contributed by atoms with Gasteiger partial charge >= 0.3 is 0 Å². The highest BCUT2D eigenvalue weighted by Gasteiger charge is 2.25. The summed E-state index contributed by atoms with van der Waals surface area (Å²) >= 11 is 7.27. The van der Waals surface area contributed by atoms with Crippen molar-refractivity contribution in [2.45, 2.75) is 30.2 Å². The van der Waals surface area contributed by atoms with Gasteiger partial charge < -0.3 is 9.32 Å². The minimum atomic E-state index is -0.184. The summed E-state index contributed by atoms with van der Waals surface area (Å²) < 4.78 is 5.63. The fourth-order valence-corrected chi connectivity index (χ4v) is 3.33. The Hall–Kier alpha value is -1.20. The van der Waals surface area contributed by atoms with Crippen LogP contribution in [0.3, 0.4) is 0 Å². The average molecular weight is 311 g/mol. The summed E-state index contributed by atoms with van der Waals surface area (Å²) in [5, 5.41) is 0.949. The number of oxazole rings is 1. The highest BCUT2D eigenvalue weighted by molar-refractivity contribution is 8.00. The van der Waals surface area contributed by atoms with E-state index in [0.717, 1.165) is 31.4 Å². The van der Waals surface area contributed by atoms with Crippen molar-refractivity contribution in [3.63, 3.8) is 0 Å². The number of aromatic nitrogens is 1. The molecule has 0 bridgehead atoms. The van der Waals surface area contributed by atoms with Crippen LogP contribution in [0.5, 0.6) is 0 Å². The van der Waals surface area contributed by atoms with Crippen LogP contribution in [0.2, 0.25) is 5.02 Å². The number of hydrogen-bond acceptors (Lipinski definition) is 4. The minimum absolute atomic E-state index is 0.160. The van der Waals surface area contributed by atoms with Crippen molar-refractivity contribution in [1.29, 1.82) is 0 Å². The maximum atomic E-state index is 12.2. The highest BCUT2D eigenvalue weighted by atomic mass is 35.5. The molecule has 1 atom stereocenters. The summed E-state index contributed by atoms with van der Waals surface area (Å²) in [6, 6.07) is 5.33. The van der Waals surface area contributed by atoms with Gasteiger partial charge in [0, 0.05) is 24.2 Å². The van der Waals surface area contributed by atoms with E-state index in [9.17, 15) is 4.79 Å². The molecular formula is C14H15ClN2O2S. The average Bonchev–Trinajstić information content (AvgIpc) is 3.05. The molecule has 20 heavy (non-hydrogen) atoms. The topological polar surface area (TPSA) is 46.3 Å². The fraction of sp³-hybridized carbons (Fsp3) is 0.429. The second-order valence-electron chi connectivity index (χ2n) is 4.88. The molecule has 0 unspecified atom stereocenters. The summed E-state index contributed by atoms with van der Waals surface area (Å²) in [5.74, 6) is 0.160. The van der Waals surface area contributed by atoms with E-state index in [4.69, 9.17) is 16.0 Å². The van der Waals surface area contributed by atoms with Crippen molar-refractivity contribution >= 4 is 40.4 Å². The van der Waals surface area contributed by atoms with Gasteiger partial charge in [0.2, 0.25) is 5.91 Å². The number of nitrogens with zero attached hydrogens (tertiary/aromatic N) is 2. The molecule has 106 valence electrons. The molecule has 0 N–H and O–H groups in total. The first-order chi connectivity index (χ1) is 9.63. The predicted octanol–water partition coefficient (Wildman–Crippen LogP) is 3.58. The molecule has 2 aromatic rings. The molecule has 0 spiro atoms. The molecule has 1 aromatic heterocycles. The third kappa shape index (κ3) is 2.79. The van der Waals surface area contributed by atoms with Crippen LogP contribution in [-0.2, 0) is 4.79 Å². The number of carbonyl (C=O) groups is 1. The van der Waals surface area contributed by atoms with Gasteiger partial charge in [0.25, 0.3) is 5.22 Å². The van der Waals surface area contributed by atoms with E-state index in [-0.39, 0.29) is 11.2 Å². The van der Waals surface area contributed by atoms with Crippen molar-refractivity contribution < 1.29 is 9.21 Å². The third-order valence-corrected chi connectivity index (χ3v) is 4.54. The number of amides is 1. The second kappa shape index (κ2) is 5.66. The van der Waals surface area contributed by atoms with Gasteiger partial charge in [-0.3, -0.25) is 4.79 Å². The largest absolute Gasteiger partial charge is 0.431 e. The standard InChI is InChI=1S/C14H15ClN2O2S/c1-9(13(18)17-6-2-3-7-17)20-14-16-11-5-4-10(15)8-12(11)19-14/h4-5,8-9H,2-3,6-7H2,1H3/t9-/m0/s1. The fourth-order valence-electron chi connectivity index (χ4n) is 2.32. The smallest absolute Gasteiger partial charge is 0.257 e. The molecule has 0 aliphatic carbocycles. The summed E-state index contributed by atoms with van der Waals surface area (Å²) in [5.41, 5.74) is 1.42. The van der Waals surface area contributed by atoms with E-state index >= 15 is 0 Å². The quantitative estimate of drug-likeness (QED) is 0.813. The van der Waals surface area contributed by atoms with Crippen molar-refractivity contribution in [3.8, 4) is 0 Å². The zero-order valence-electron chi connectivity index (χ0n) is 11.1. The molecule has 1 amide bonds. The number of benzene rings is 1. The second-order valence-corrected chi connectivity index (χ2v) is 6.61. The van der Waals surface area contributed by atoms with E-state index < -0.39 is 0 Å². The molecular weight excluding hydrogens is 296 g/mol. The van der Waals surface area contributed by atoms with E-state index in [1.165, 1.54) is 11.8 Å². The first-order valence-electron chi connectivity index (χ1n) is 6.65. The number of halogens is 1. The Morgan fingerprint density at radius 2 is 2.20 bits per heavy atom. The summed E-state index contributed by atoms with van der Waals surface area (Å²) in [6.45, 7) is 3.63. The van der Waals surface area contributed by atoms with Crippen molar-refractivity contribution in [1.82, 2.24) is 9.88 Å². The van der Waals surface area contributed by atoms with Gasteiger partial charge in [-0.25, -0.2) is 4.98 Å². The molecule has 1 aliphatic heterocycles. The monoisotopic (exact) mass is 310 g/mol.